The molecule has 4 atom stereocenters. The molecule has 0 radical (unpaired) electrons. The highest BCUT2D eigenvalue weighted by atomic mass is 19.1. The lowest BCUT2D eigenvalue weighted by molar-refractivity contribution is 0.0913. The van der Waals surface area contributed by atoms with Crippen LogP contribution in [0.2, 0.25) is 0 Å². The van der Waals surface area contributed by atoms with E-state index in [-0.39, 0.29) is 35.9 Å². The summed E-state index contributed by atoms with van der Waals surface area (Å²) in [5, 5.41) is 6.30. The van der Waals surface area contributed by atoms with Crippen molar-refractivity contribution in [1.29, 1.82) is 0 Å². The first-order valence-electron chi connectivity index (χ1n) is 9.20. The number of rotatable bonds is 4. The molecule has 2 aromatic carbocycles. The molecule has 0 saturated carbocycles. The van der Waals surface area contributed by atoms with E-state index >= 15 is 0 Å². The van der Waals surface area contributed by atoms with Gasteiger partial charge in [0.1, 0.15) is 17.4 Å². The SMILES string of the molecule is COc1cccc(F)c1C1CC2C(CN1)NNC2NC(=O)c1ccc(F)cc1. The van der Waals surface area contributed by atoms with E-state index in [1.807, 2.05) is 0 Å². The highest BCUT2D eigenvalue weighted by Crippen LogP contribution is 2.36. The molecule has 2 heterocycles. The van der Waals surface area contributed by atoms with Gasteiger partial charge in [0, 0.05) is 35.7 Å². The molecule has 2 aromatic rings. The zero-order chi connectivity index (χ0) is 19.7. The van der Waals surface area contributed by atoms with Crippen LogP contribution in [0.1, 0.15) is 28.4 Å². The summed E-state index contributed by atoms with van der Waals surface area (Å²) in [7, 11) is 1.52. The fourth-order valence-electron chi connectivity index (χ4n) is 3.99. The Morgan fingerprint density at radius 3 is 2.68 bits per heavy atom. The van der Waals surface area contributed by atoms with E-state index in [4.69, 9.17) is 4.74 Å². The van der Waals surface area contributed by atoms with Crippen LogP contribution < -0.4 is 26.2 Å². The zero-order valence-corrected chi connectivity index (χ0v) is 15.3. The molecule has 0 aromatic heterocycles. The predicted octanol–water partition coefficient (Wildman–Crippen LogP) is 1.86. The van der Waals surface area contributed by atoms with E-state index < -0.39 is 5.82 Å². The van der Waals surface area contributed by atoms with E-state index in [1.165, 1.54) is 37.4 Å². The summed E-state index contributed by atoms with van der Waals surface area (Å²) in [5.41, 5.74) is 7.16. The molecule has 4 unspecified atom stereocenters. The minimum absolute atomic E-state index is 0.0416. The lowest BCUT2D eigenvalue weighted by atomic mass is 9.84. The van der Waals surface area contributed by atoms with Crippen molar-refractivity contribution in [2.24, 2.45) is 5.92 Å². The number of fused-ring (bicyclic) bond motifs is 1. The van der Waals surface area contributed by atoms with Crippen LogP contribution in [0.15, 0.2) is 42.5 Å². The van der Waals surface area contributed by atoms with Crippen LogP contribution in [0.4, 0.5) is 8.78 Å². The van der Waals surface area contributed by atoms with Gasteiger partial charge in [-0.15, -0.1) is 0 Å². The molecule has 2 aliphatic heterocycles. The van der Waals surface area contributed by atoms with Gasteiger partial charge in [-0.3, -0.25) is 10.2 Å². The topological polar surface area (TPSA) is 74.4 Å². The lowest BCUT2D eigenvalue weighted by Gasteiger charge is -2.35. The van der Waals surface area contributed by atoms with Crippen LogP contribution >= 0.6 is 0 Å². The first kappa shape index (κ1) is 18.8. The number of hydrogen-bond donors (Lipinski definition) is 4. The molecule has 8 heteroatoms. The number of hydrogen-bond acceptors (Lipinski definition) is 5. The smallest absolute Gasteiger partial charge is 0.252 e. The summed E-state index contributed by atoms with van der Waals surface area (Å²) in [4.78, 5) is 12.5. The monoisotopic (exact) mass is 388 g/mol. The Kier molecular flexibility index (Phi) is 5.25. The summed E-state index contributed by atoms with van der Waals surface area (Å²) in [5.74, 6) is -0.460. The lowest BCUT2D eigenvalue weighted by Crippen LogP contribution is -2.49. The molecule has 0 bridgehead atoms. The van der Waals surface area contributed by atoms with Crippen molar-refractivity contribution < 1.29 is 18.3 Å². The van der Waals surface area contributed by atoms with E-state index in [1.54, 1.807) is 12.1 Å². The first-order valence-corrected chi connectivity index (χ1v) is 9.20. The van der Waals surface area contributed by atoms with Gasteiger partial charge in [0.25, 0.3) is 5.91 Å². The summed E-state index contributed by atoms with van der Waals surface area (Å²) >= 11 is 0. The van der Waals surface area contributed by atoms with Gasteiger partial charge in [0.2, 0.25) is 0 Å². The van der Waals surface area contributed by atoms with Gasteiger partial charge in [-0.05, 0) is 42.8 Å². The molecule has 4 rings (SSSR count). The number of nitrogens with one attached hydrogen (secondary N) is 4. The van der Waals surface area contributed by atoms with Crippen LogP contribution in [0.3, 0.4) is 0 Å². The Morgan fingerprint density at radius 1 is 1.14 bits per heavy atom. The average Bonchev–Trinajstić information content (AvgIpc) is 3.10. The average molecular weight is 388 g/mol. The van der Waals surface area contributed by atoms with Crippen LogP contribution in [-0.4, -0.2) is 31.8 Å². The Morgan fingerprint density at radius 2 is 1.93 bits per heavy atom. The summed E-state index contributed by atoms with van der Waals surface area (Å²) in [6, 6.07) is 10.0. The van der Waals surface area contributed by atoms with Gasteiger partial charge in [0.05, 0.1) is 13.3 Å². The second-order valence-electron chi connectivity index (χ2n) is 7.07. The molecule has 2 aliphatic rings. The highest BCUT2D eigenvalue weighted by Gasteiger charge is 2.42. The Labute approximate surface area is 161 Å². The molecular formula is C20H22F2N4O2. The van der Waals surface area contributed by atoms with Crippen LogP contribution in [0.25, 0.3) is 0 Å². The van der Waals surface area contributed by atoms with Gasteiger partial charge >= 0.3 is 0 Å². The summed E-state index contributed by atoms with van der Waals surface area (Å²) in [6.45, 7) is 0.614. The molecular weight excluding hydrogens is 366 g/mol. The van der Waals surface area contributed by atoms with E-state index in [9.17, 15) is 13.6 Å². The number of halogens is 2. The fraction of sp³-hybridized carbons (Fsp3) is 0.350. The maximum Gasteiger partial charge on any atom is 0.252 e. The van der Waals surface area contributed by atoms with E-state index in [0.717, 1.165) is 0 Å². The van der Waals surface area contributed by atoms with E-state index in [2.05, 4.69) is 21.5 Å². The second-order valence-corrected chi connectivity index (χ2v) is 7.07. The van der Waals surface area contributed by atoms with Crippen LogP contribution in [0, 0.1) is 17.6 Å². The number of piperidine rings is 1. The van der Waals surface area contributed by atoms with Gasteiger partial charge in [-0.25, -0.2) is 14.2 Å². The van der Waals surface area contributed by atoms with Crippen molar-refractivity contribution in [3.63, 3.8) is 0 Å². The third-order valence-corrected chi connectivity index (χ3v) is 5.44. The third kappa shape index (κ3) is 3.58. The molecule has 0 aliphatic carbocycles. The van der Waals surface area contributed by atoms with Crippen molar-refractivity contribution in [3.8, 4) is 5.75 Å². The molecule has 2 fully saturated rings. The van der Waals surface area contributed by atoms with Crippen molar-refractivity contribution in [3.05, 3.63) is 65.2 Å². The highest BCUT2D eigenvalue weighted by molar-refractivity contribution is 5.94. The van der Waals surface area contributed by atoms with Crippen LogP contribution in [-0.2, 0) is 0 Å². The van der Waals surface area contributed by atoms with Gasteiger partial charge in [-0.2, -0.15) is 0 Å². The molecule has 0 spiro atoms. The van der Waals surface area contributed by atoms with Crippen LogP contribution in [0.5, 0.6) is 5.75 Å². The van der Waals surface area contributed by atoms with Crippen molar-refractivity contribution in [2.45, 2.75) is 24.7 Å². The number of benzene rings is 2. The minimum atomic E-state index is -0.391. The number of hydrazine groups is 1. The first-order chi connectivity index (χ1) is 13.6. The largest absolute Gasteiger partial charge is 0.496 e. The molecule has 1 amide bonds. The zero-order valence-electron chi connectivity index (χ0n) is 15.3. The molecule has 28 heavy (non-hydrogen) atoms. The van der Waals surface area contributed by atoms with Crippen molar-refractivity contribution >= 4 is 5.91 Å². The van der Waals surface area contributed by atoms with Gasteiger partial charge < -0.3 is 15.4 Å². The maximum atomic E-state index is 14.5. The van der Waals surface area contributed by atoms with Crippen molar-refractivity contribution in [1.82, 2.24) is 21.5 Å². The molecule has 148 valence electrons. The maximum absolute atomic E-state index is 14.5. The number of carbonyl (C=O) groups is 1. The molecule has 2 saturated heterocycles. The number of ether oxygens (including phenoxy) is 1. The number of methoxy groups -OCH3 is 1. The predicted molar refractivity (Wildman–Crippen MR) is 99.5 cm³/mol. The standard InChI is InChI=1S/C20H22F2N4O2/c1-28-17-4-2-3-14(22)18(17)15-9-13-16(10-23-15)25-26-19(13)24-20(27)11-5-7-12(21)8-6-11/h2-8,13,15-16,19,23,25-26H,9-10H2,1H3,(H,24,27). The van der Waals surface area contributed by atoms with Gasteiger partial charge in [-0.1, -0.05) is 6.07 Å². The number of amides is 1. The quantitative estimate of drug-likeness (QED) is 0.644. The van der Waals surface area contributed by atoms with Gasteiger partial charge in [0.15, 0.2) is 0 Å². The fourth-order valence-corrected chi connectivity index (χ4v) is 3.99. The number of carbonyl (C=O) groups excluding carboxylic acids is 1. The molecule has 6 nitrogen and oxygen atoms in total. The Balaban J connectivity index is 1.50. The van der Waals surface area contributed by atoms with E-state index in [0.29, 0.717) is 29.8 Å². The second kappa shape index (κ2) is 7.83. The molecule has 4 N–H and O–H groups in total. The Bertz CT molecular complexity index is 862. The Hall–Kier alpha value is -2.55. The van der Waals surface area contributed by atoms with Crippen molar-refractivity contribution in [2.75, 3.05) is 13.7 Å². The summed E-state index contributed by atoms with van der Waals surface area (Å²) in [6.07, 6.45) is 0.279. The third-order valence-electron chi connectivity index (χ3n) is 5.44. The minimum Gasteiger partial charge on any atom is -0.496 e. The normalized spacial score (nSPS) is 26.5. The summed E-state index contributed by atoms with van der Waals surface area (Å²) < 4.78 is 32.9.